The molecule has 0 saturated carbocycles. The number of hydrogen-bond acceptors (Lipinski definition) is 5. The summed E-state index contributed by atoms with van der Waals surface area (Å²) >= 11 is 3.48. The summed E-state index contributed by atoms with van der Waals surface area (Å²) < 4.78 is 5.58. The highest BCUT2D eigenvalue weighted by Gasteiger charge is 2.10. The van der Waals surface area contributed by atoms with Crippen LogP contribution in [0, 0.1) is 0 Å². The molecule has 1 aromatic carbocycles. The monoisotopic (exact) mass is 335 g/mol. The van der Waals surface area contributed by atoms with E-state index in [2.05, 4.69) is 30.9 Å². The number of hydrogen-bond donors (Lipinski definition) is 0. The van der Waals surface area contributed by atoms with Crippen LogP contribution in [-0.2, 0) is 9.53 Å². The number of benzene rings is 1. The summed E-state index contributed by atoms with van der Waals surface area (Å²) in [7, 11) is 3.12. The summed E-state index contributed by atoms with van der Waals surface area (Å²) in [6, 6.07) is 11.5. The third kappa shape index (κ3) is 3.33. The normalized spacial score (nSPS) is 10.2. The highest BCUT2D eigenvalue weighted by molar-refractivity contribution is 9.10. The lowest BCUT2D eigenvalue weighted by molar-refractivity contribution is -0.138. The van der Waals surface area contributed by atoms with E-state index < -0.39 is 0 Å². The van der Waals surface area contributed by atoms with Crippen molar-refractivity contribution in [1.82, 2.24) is 10.2 Å². The molecule has 0 aliphatic rings. The van der Waals surface area contributed by atoms with Gasteiger partial charge >= 0.3 is 5.97 Å². The van der Waals surface area contributed by atoms with Crippen LogP contribution in [0.1, 0.15) is 0 Å². The first-order chi connectivity index (χ1) is 9.61. The number of anilines is 1. The second kappa shape index (κ2) is 6.47. The number of carbonyl (C=O) groups is 1. The van der Waals surface area contributed by atoms with E-state index in [0.29, 0.717) is 5.82 Å². The van der Waals surface area contributed by atoms with E-state index in [4.69, 9.17) is 0 Å². The Morgan fingerprint density at radius 2 is 2.00 bits per heavy atom. The van der Waals surface area contributed by atoms with Crippen LogP contribution in [0.5, 0.6) is 0 Å². The van der Waals surface area contributed by atoms with Crippen molar-refractivity contribution < 1.29 is 9.53 Å². The van der Waals surface area contributed by atoms with E-state index in [9.17, 15) is 4.79 Å². The second-order valence-corrected chi connectivity index (χ2v) is 5.04. The van der Waals surface area contributed by atoms with Gasteiger partial charge < -0.3 is 9.64 Å². The Hall–Kier alpha value is -1.95. The van der Waals surface area contributed by atoms with Crippen molar-refractivity contribution in [2.75, 3.05) is 25.6 Å². The van der Waals surface area contributed by atoms with Crippen LogP contribution in [0.4, 0.5) is 5.82 Å². The van der Waals surface area contributed by atoms with Gasteiger partial charge in [0.05, 0.1) is 12.8 Å². The number of halogens is 1. The maximum absolute atomic E-state index is 11.2. The third-order valence-electron chi connectivity index (χ3n) is 2.79. The molecule has 2 aromatic rings. The Morgan fingerprint density at radius 1 is 1.25 bits per heavy atom. The Balaban J connectivity index is 2.18. The third-order valence-corrected chi connectivity index (χ3v) is 3.48. The summed E-state index contributed by atoms with van der Waals surface area (Å²) in [5.41, 5.74) is 1.75. The molecule has 0 spiro atoms. The predicted molar refractivity (Wildman–Crippen MR) is 80.5 cm³/mol. The van der Waals surface area contributed by atoms with Gasteiger partial charge in [-0.1, -0.05) is 34.1 Å². The smallest absolute Gasteiger partial charge is 0.325 e. The number of carbonyl (C=O) groups excluding carboxylic acids is 1. The Labute approximate surface area is 125 Å². The van der Waals surface area contributed by atoms with Gasteiger partial charge in [-0.2, -0.15) is 0 Å². The number of ether oxygens (including phenoxy) is 1. The van der Waals surface area contributed by atoms with Gasteiger partial charge in [-0.05, 0) is 18.2 Å². The number of likely N-dealkylation sites (N-methyl/N-ethyl adjacent to an activating group) is 1. The molecule has 0 radical (unpaired) electrons. The van der Waals surface area contributed by atoms with E-state index in [-0.39, 0.29) is 12.5 Å². The fraction of sp³-hybridized carbons (Fsp3) is 0.214. The summed E-state index contributed by atoms with van der Waals surface area (Å²) in [5, 5.41) is 8.32. The minimum Gasteiger partial charge on any atom is -0.468 e. The number of esters is 1. The van der Waals surface area contributed by atoms with Gasteiger partial charge in [0.1, 0.15) is 6.54 Å². The van der Waals surface area contributed by atoms with Crippen LogP contribution >= 0.6 is 15.9 Å². The molecule has 5 nitrogen and oxygen atoms in total. The maximum atomic E-state index is 11.2. The number of aromatic nitrogens is 2. The van der Waals surface area contributed by atoms with Gasteiger partial charge in [-0.3, -0.25) is 4.79 Å². The molecule has 0 unspecified atom stereocenters. The van der Waals surface area contributed by atoms with Gasteiger partial charge in [-0.15, -0.1) is 10.2 Å². The van der Waals surface area contributed by atoms with Crippen LogP contribution in [0.3, 0.4) is 0 Å². The Bertz CT molecular complexity index is 602. The first-order valence-electron chi connectivity index (χ1n) is 5.98. The molecular weight excluding hydrogens is 322 g/mol. The minimum atomic E-state index is -0.316. The van der Waals surface area contributed by atoms with Gasteiger partial charge in [0.25, 0.3) is 0 Å². The first-order valence-corrected chi connectivity index (χ1v) is 6.77. The van der Waals surface area contributed by atoms with E-state index >= 15 is 0 Å². The lowest BCUT2D eigenvalue weighted by atomic mass is 10.1. The van der Waals surface area contributed by atoms with Gasteiger partial charge in [0.2, 0.25) is 0 Å². The van der Waals surface area contributed by atoms with Crippen molar-refractivity contribution in [3.05, 3.63) is 40.9 Å². The molecule has 1 aromatic heterocycles. The molecule has 2 rings (SSSR count). The average Bonchev–Trinajstić information content (AvgIpc) is 2.47. The molecule has 20 heavy (non-hydrogen) atoms. The van der Waals surface area contributed by atoms with Crippen molar-refractivity contribution in [2.45, 2.75) is 0 Å². The SMILES string of the molecule is COC(=O)CN(C)c1ccc(-c2ccccc2Br)nn1. The highest BCUT2D eigenvalue weighted by Crippen LogP contribution is 2.26. The Morgan fingerprint density at radius 3 is 2.60 bits per heavy atom. The van der Waals surface area contributed by atoms with Gasteiger partial charge in [0.15, 0.2) is 5.82 Å². The Kier molecular flexibility index (Phi) is 4.68. The second-order valence-electron chi connectivity index (χ2n) is 4.19. The summed E-state index contributed by atoms with van der Waals surface area (Å²) in [5.74, 6) is 0.301. The molecule has 104 valence electrons. The average molecular weight is 336 g/mol. The van der Waals surface area contributed by atoms with E-state index in [1.165, 1.54) is 7.11 Å². The molecule has 0 fully saturated rings. The fourth-order valence-electron chi connectivity index (χ4n) is 1.68. The van der Waals surface area contributed by atoms with Crippen molar-refractivity contribution >= 4 is 27.7 Å². The minimum absolute atomic E-state index is 0.138. The van der Waals surface area contributed by atoms with Crippen LogP contribution in [0.25, 0.3) is 11.3 Å². The van der Waals surface area contributed by atoms with E-state index in [1.807, 2.05) is 36.4 Å². The number of methoxy groups -OCH3 is 1. The molecule has 0 aliphatic carbocycles. The zero-order chi connectivity index (χ0) is 14.5. The number of nitrogens with zero attached hydrogens (tertiary/aromatic N) is 3. The first kappa shape index (κ1) is 14.5. The van der Waals surface area contributed by atoms with Crippen molar-refractivity contribution in [1.29, 1.82) is 0 Å². The molecule has 0 amide bonds. The van der Waals surface area contributed by atoms with E-state index in [0.717, 1.165) is 15.7 Å². The molecule has 0 aliphatic heterocycles. The lowest BCUT2D eigenvalue weighted by Gasteiger charge is -2.15. The molecule has 0 bridgehead atoms. The summed E-state index contributed by atoms with van der Waals surface area (Å²) in [4.78, 5) is 12.9. The standard InChI is InChI=1S/C14H14BrN3O2/c1-18(9-14(19)20-2)13-8-7-12(16-17-13)10-5-3-4-6-11(10)15/h3-8H,9H2,1-2H3. The zero-order valence-corrected chi connectivity index (χ0v) is 12.8. The van der Waals surface area contributed by atoms with Crippen LogP contribution in [0.15, 0.2) is 40.9 Å². The van der Waals surface area contributed by atoms with Gasteiger partial charge in [-0.25, -0.2) is 0 Å². The molecular formula is C14H14BrN3O2. The van der Waals surface area contributed by atoms with Crippen LogP contribution in [-0.4, -0.2) is 36.9 Å². The molecule has 0 N–H and O–H groups in total. The maximum Gasteiger partial charge on any atom is 0.325 e. The van der Waals surface area contributed by atoms with E-state index in [1.54, 1.807) is 11.9 Å². The summed E-state index contributed by atoms with van der Waals surface area (Å²) in [6.07, 6.45) is 0. The highest BCUT2D eigenvalue weighted by atomic mass is 79.9. The molecule has 6 heteroatoms. The fourth-order valence-corrected chi connectivity index (χ4v) is 2.17. The lowest BCUT2D eigenvalue weighted by Crippen LogP contribution is -2.27. The number of rotatable bonds is 4. The van der Waals surface area contributed by atoms with Crippen LogP contribution < -0.4 is 4.90 Å². The molecule has 0 atom stereocenters. The van der Waals surface area contributed by atoms with Gasteiger partial charge in [0, 0.05) is 17.1 Å². The topological polar surface area (TPSA) is 55.3 Å². The zero-order valence-electron chi connectivity index (χ0n) is 11.2. The predicted octanol–water partition coefficient (Wildman–Crippen LogP) is 2.52. The summed E-state index contributed by atoms with van der Waals surface area (Å²) in [6.45, 7) is 0.138. The van der Waals surface area contributed by atoms with Crippen molar-refractivity contribution in [2.24, 2.45) is 0 Å². The largest absolute Gasteiger partial charge is 0.468 e. The van der Waals surface area contributed by atoms with Crippen molar-refractivity contribution in [3.63, 3.8) is 0 Å². The van der Waals surface area contributed by atoms with Crippen LogP contribution in [0.2, 0.25) is 0 Å². The molecule has 1 heterocycles. The molecule has 0 saturated heterocycles. The van der Waals surface area contributed by atoms with Crippen molar-refractivity contribution in [3.8, 4) is 11.3 Å². The quantitative estimate of drug-likeness (QED) is 0.803.